The standard InChI is InChI=1S/C9H16N4/c1-9(2,3)7-4-10-5-13-6-11-12-8(7)13/h6-7,10H,4-5H2,1-3H3. The van der Waals surface area contributed by atoms with Crippen molar-refractivity contribution in [1.29, 1.82) is 0 Å². The van der Waals surface area contributed by atoms with Crippen molar-refractivity contribution in [2.24, 2.45) is 5.41 Å². The lowest BCUT2D eigenvalue weighted by Gasteiger charge is -2.33. The molecule has 13 heavy (non-hydrogen) atoms. The van der Waals surface area contributed by atoms with Crippen LogP contribution in [0.4, 0.5) is 0 Å². The van der Waals surface area contributed by atoms with Crippen molar-refractivity contribution in [1.82, 2.24) is 20.1 Å². The molecular formula is C9H16N4. The van der Waals surface area contributed by atoms with Crippen molar-refractivity contribution in [3.8, 4) is 0 Å². The highest BCUT2D eigenvalue weighted by molar-refractivity contribution is 5.05. The molecule has 0 bridgehead atoms. The van der Waals surface area contributed by atoms with Crippen LogP contribution in [-0.4, -0.2) is 21.3 Å². The number of nitrogens with zero attached hydrogens (tertiary/aromatic N) is 3. The van der Waals surface area contributed by atoms with Crippen molar-refractivity contribution < 1.29 is 0 Å². The van der Waals surface area contributed by atoms with Crippen LogP contribution in [0.25, 0.3) is 0 Å². The minimum absolute atomic E-state index is 0.248. The summed E-state index contributed by atoms with van der Waals surface area (Å²) in [5.74, 6) is 1.58. The zero-order valence-corrected chi connectivity index (χ0v) is 8.41. The van der Waals surface area contributed by atoms with Gasteiger partial charge in [-0.25, -0.2) is 0 Å². The van der Waals surface area contributed by atoms with Gasteiger partial charge in [0.15, 0.2) is 0 Å². The maximum absolute atomic E-state index is 4.18. The lowest BCUT2D eigenvalue weighted by Crippen LogP contribution is -2.38. The monoisotopic (exact) mass is 180 g/mol. The van der Waals surface area contributed by atoms with Crippen LogP contribution in [-0.2, 0) is 6.67 Å². The molecule has 0 saturated heterocycles. The molecule has 0 amide bonds. The van der Waals surface area contributed by atoms with Crippen LogP contribution in [0.2, 0.25) is 0 Å². The summed E-state index contributed by atoms with van der Waals surface area (Å²) in [6, 6.07) is 0. The van der Waals surface area contributed by atoms with Crippen molar-refractivity contribution in [2.75, 3.05) is 6.54 Å². The zero-order valence-electron chi connectivity index (χ0n) is 8.41. The van der Waals surface area contributed by atoms with E-state index in [1.807, 2.05) is 0 Å². The molecular weight excluding hydrogens is 164 g/mol. The molecule has 4 nitrogen and oxygen atoms in total. The average molecular weight is 180 g/mol. The average Bonchev–Trinajstić information content (AvgIpc) is 2.48. The maximum atomic E-state index is 4.18. The van der Waals surface area contributed by atoms with E-state index in [1.54, 1.807) is 6.33 Å². The number of fused-ring (bicyclic) bond motifs is 1. The predicted octanol–water partition coefficient (Wildman–Crippen LogP) is 0.968. The summed E-state index contributed by atoms with van der Waals surface area (Å²) in [5, 5.41) is 11.5. The second-order valence-corrected chi connectivity index (χ2v) is 4.69. The van der Waals surface area contributed by atoms with Gasteiger partial charge in [-0.3, -0.25) is 5.32 Å². The molecule has 0 aromatic carbocycles. The molecule has 0 spiro atoms. The van der Waals surface area contributed by atoms with Gasteiger partial charge in [0, 0.05) is 12.5 Å². The first-order chi connectivity index (χ1) is 6.09. The van der Waals surface area contributed by atoms with Gasteiger partial charge in [0.1, 0.15) is 12.2 Å². The molecule has 1 atom stereocenters. The highest BCUT2D eigenvalue weighted by Crippen LogP contribution is 2.34. The number of hydrogen-bond donors (Lipinski definition) is 1. The van der Waals surface area contributed by atoms with Gasteiger partial charge in [0.25, 0.3) is 0 Å². The largest absolute Gasteiger partial charge is 0.304 e. The molecule has 4 heteroatoms. The zero-order chi connectivity index (χ0) is 9.47. The molecule has 1 aromatic heterocycles. The van der Waals surface area contributed by atoms with Gasteiger partial charge in [-0.05, 0) is 5.41 Å². The molecule has 0 saturated carbocycles. The molecule has 1 unspecified atom stereocenters. The summed E-state index contributed by atoms with van der Waals surface area (Å²) in [4.78, 5) is 0. The van der Waals surface area contributed by atoms with Crippen LogP contribution in [0.1, 0.15) is 32.5 Å². The van der Waals surface area contributed by atoms with Crippen molar-refractivity contribution >= 4 is 0 Å². The van der Waals surface area contributed by atoms with Crippen molar-refractivity contribution in [2.45, 2.75) is 33.4 Å². The van der Waals surface area contributed by atoms with Gasteiger partial charge in [-0.1, -0.05) is 20.8 Å². The Morgan fingerprint density at radius 2 is 2.31 bits per heavy atom. The molecule has 2 heterocycles. The summed E-state index contributed by atoms with van der Waals surface area (Å²) in [6.07, 6.45) is 1.79. The van der Waals surface area contributed by atoms with E-state index in [0.29, 0.717) is 5.92 Å². The fourth-order valence-corrected chi connectivity index (χ4v) is 1.77. The van der Waals surface area contributed by atoms with Crippen LogP contribution >= 0.6 is 0 Å². The van der Waals surface area contributed by atoms with Crippen LogP contribution in [0.3, 0.4) is 0 Å². The Morgan fingerprint density at radius 3 is 3.00 bits per heavy atom. The lowest BCUT2D eigenvalue weighted by atomic mass is 9.79. The molecule has 1 aliphatic rings. The normalized spacial score (nSPS) is 22.8. The Kier molecular flexibility index (Phi) is 1.87. The molecule has 1 N–H and O–H groups in total. The number of aromatic nitrogens is 3. The fraction of sp³-hybridized carbons (Fsp3) is 0.778. The highest BCUT2D eigenvalue weighted by Gasteiger charge is 2.32. The van der Waals surface area contributed by atoms with Crippen molar-refractivity contribution in [3.63, 3.8) is 0 Å². The predicted molar refractivity (Wildman–Crippen MR) is 50.2 cm³/mol. The van der Waals surface area contributed by atoms with Gasteiger partial charge in [0.05, 0.1) is 6.67 Å². The van der Waals surface area contributed by atoms with E-state index in [2.05, 4.69) is 40.9 Å². The summed E-state index contributed by atoms with van der Waals surface area (Å²) in [5.41, 5.74) is 0.248. The lowest BCUT2D eigenvalue weighted by molar-refractivity contribution is 0.259. The second kappa shape index (κ2) is 2.80. The second-order valence-electron chi connectivity index (χ2n) is 4.69. The van der Waals surface area contributed by atoms with Crippen molar-refractivity contribution in [3.05, 3.63) is 12.2 Å². The van der Waals surface area contributed by atoms with E-state index in [1.165, 1.54) is 0 Å². The summed E-state index contributed by atoms with van der Waals surface area (Å²) in [6.45, 7) is 8.56. The third-order valence-corrected chi connectivity index (χ3v) is 2.63. The molecule has 0 fully saturated rings. The van der Waals surface area contributed by atoms with Gasteiger partial charge in [-0.15, -0.1) is 10.2 Å². The quantitative estimate of drug-likeness (QED) is 0.647. The summed E-state index contributed by atoms with van der Waals surface area (Å²) in [7, 11) is 0. The third kappa shape index (κ3) is 1.46. The molecule has 0 radical (unpaired) electrons. The van der Waals surface area contributed by atoms with E-state index in [4.69, 9.17) is 0 Å². The van der Waals surface area contributed by atoms with Gasteiger partial charge in [-0.2, -0.15) is 0 Å². The first-order valence-electron chi connectivity index (χ1n) is 4.67. The van der Waals surface area contributed by atoms with E-state index in [-0.39, 0.29) is 5.41 Å². The van der Waals surface area contributed by atoms with Gasteiger partial charge >= 0.3 is 0 Å². The Balaban J connectivity index is 2.35. The Hall–Kier alpha value is -0.900. The van der Waals surface area contributed by atoms with Crippen LogP contribution < -0.4 is 5.32 Å². The van der Waals surface area contributed by atoms with E-state index in [0.717, 1.165) is 19.0 Å². The third-order valence-electron chi connectivity index (χ3n) is 2.63. The molecule has 0 aliphatic carbocycles. The Bertz CT molecular complexity index is 297. The minimum atomic E-state index is 0.248. The van der Waals surface area contributed by atoms with E-state index < -0.39 is 0 Å². The van der Waals surface area contributed by atoms with Crippen LogP contribution in [0.15, 0.2) is 6.33 Å². The number of hydrogen-bond acceptors (Lipinski definition) is 3. The number of nitrogens with one attached hydrogen (secondary N) is 1. The molecule has 72 valence electrons. The molecule has 1 aromatic rings. The van der Waals surface area contributed by atoms with Crippen LogP contribution in [0.5, 0.6) is 0 Å². The van der Waals surface area contributed by atoms with E-state index >= 15 is 0 Å². The Labute approximate surface area is 78.4 Å². The van der Waals surface area contributed by atoms with Crippen LogP contribution in [0, 0.1) is 5.41 Å². The van der Waals surface area contributed by atoms with Gasteiger partial charge < -0.3 is 4.57 Å². The minimum Gasteiger partial charge on any atom is -0.304 e. The highest BCUT2D eigenvalue weighted by atomic mass is 15.3. The molecule has 1 aliphatic heterocycles. The van der Waals surface area contributed by atoms with E-state index in [9.17, 15) is 0 Å². The first-order valence-corrected chi connectivity index (χ1v) is 4.67. The summed E-state index contributed by atoms with van der Waals surface area (Å²) < 4.78 is 2.08. The summed E-state index contributed by atoms with van der Waals surface area (Å²) >= 11 is 0. The smallest absolute Gasteiger partial charge is 0.138 e. The number of rotatable bonds is 0. The fourth-order valence-electron chi connectivity index (χ4n) is 1.77. The maximum Gasteiger partial charge on any atom is 0.138 e. The molecule has 2 rings (SSSR count). The SMILES string of the molecule is CC(C)(C)C1CNCn2cnnc21. The first kappa shape index (κ1) is 8.69. The topological polar surface area (TPSA) is 42.7 Å². The van der Waals surface area contributed by atoms with Gasteiger partial charge in [0.2, 0.25) is 0 Å². The Morgan fingerprint density at radius 1 is 1.54 bits per heavy atom.